The fraction of sp³-hybridized carbons (Fsp3) is 0.409. The van der Waals surface area contributed by atoms with Gasteiger partial charge in [-0.2, -0.15) is 0 Å². The molecule has 2 aromatic rings. The Morgan fingerprint density at radius 1 is 1.14 bits per heavy atom. The van der Waals surface area contributed by atoms with Gasteiger partial charge in [0.05, 0.1) is 11.5 Å². The van der Waals surface area contributed by atoms with E-state index in [0.717, 1.165) is 5.56 Å². The first-order valence-corrected chi connectivity index (χ1v) is 11.5. The summed E-state index contributed by atoms with van der Waals surface area (Å²) in [5.74, 6) is 0.364. The van der Waals surface area contributed by atoms with Crippen LogP contribution < -0.4 is 4.74 Å². The molecule has 156 valence electrons. The first-order chi connectivity index (χ1) is 13.7. The molecule has 1 atom stereocenters. The highest BCUT2D eigenvalue weighted by molar-refractivity contribution is 7.91. The quantitative estimate of drug-likeness (QED) is 0.689. The summed E-state index contributed by atoms with van der Waals surface area (Å²) in [6.45, 7) is 4.23. The van der Waals surface area contributed by atoms with Gasteiger partial charge in [-0.25, -0.2) is 12.8 Å². The fourth-order valence-corrected chi connectivity index (χ4v) is 5.14. The van der Waals surface area contributed by atoms with Crippen LogP contribution in [0.5, 0.6) is 5.75 Å². The summed E-state index contributed by atoms with van der Waals surface area (Å²) in [6, 6.07) is 13.0. The Bertz CT molecular complexity index is 940. The first kappa shape index (κ1) is 21.3. The third-order valence-electron chi connectivity index (χ3n) is 5.14. The van der Waals surface area contributed by atoms with Crippen molar-refractivity contribution in [1.82, 2.24) is 4.90 Å². The van der Waals surface area contributed by atoms with Crippen molar-refractivity contribution in [1.29, 1.82) is 0 Å². The largest absolute Gasteiger partial charge is 0.484 e. The Labute approximate surface area is 171 Å². The average Bonchev–Trinajstić information content (AvgIpc) is 3.05. The molecule has 1 aliphatic heterocycles. The summed E-state index contributed by atoms with van der Waals surface area (Å²) < 4.78 is 42.7. The number of rotatable bonds is 7. The van der Waals surface area contributed by atoms with Crippen LogP contribution in [0.15, 0.2) is 48.5 Å². The molecule has 0 N–H and O–H groups in total. The summed E-state index contributed by atoms with van der Waals surface area (Å²) in [7, 11) is -3.15. The molecule has 2 aromatic carbocycles. The van der Waals surface area contributed by atoms with E-state index in [4.69, 9.17) is 4.74 Å². The maximum atomic E-state index is 13.2. The molecule has 1 unspecified atom stereocenters. The second-order valence-corrected chi connectivity index (χ2v) is 9.95. The molecule has 1 aliphatic rings. The Morgan fingerprint density at radius 2 is 1.79 bits per heavy atom. The minimum absolute atomic E-state index is 0.0526. The monoisotopic (exact) mass is 419 g/mol. The van der Waals surface area contributed by atoms with Gasteiger partial charge in [0.1, 0.15) is 11.6 Å². The van der Waals surface area contributed by atoms with E-state index in [-0.39, 0.29) is 36.4 Å². The molecule has 0 saturated carbocycles. The van der Waals surface area contributed by atoms with Crippen molar-refractivity contribution in [3.63, 3.8) is 0 Å². The zero-order valence-electron chi connectivity index (χ0n) is 16.7. The standard InChI is InChI=1S/C22H26FNO4S/c1-16(2)18-5-9-21(10-6-18)28-14-22(25)24(20-11-12-29(26,27)15-20)13-17-3-7-19(23)8-4-17/h3-10,16,20H,11-15H2,1-2H3. The number of nitrogens with zero attached hydrogens (tertiary/aromatic N) is 1. The molecule has 0 spiro atoms. The highest BCUT2D eigenvalue weighted by Gasteiger charge is 2.34. The molecular weight excluding hydrogens is 393 g/mol. The molecule has 1 heterocycles. The van der Waals surface area contributed by atoms with Crippen molar-refractivity contribution in [3.05, 3.63) is 65.5 Å². The molecule has 0 aromatic heterocycles. The number of halogens is 1. The molecule has 0 radical (unpaired) electrons. The van der Waals surface area contributed by atoms with E-state index in [1.807, 2.05) is 24.3 Å². The molecule has 1 amide bonds. The van der Waals surface area contributed by atoms with Crippen LogP contribution in [-0.2, 0) is 21.2 Å². The average molecular weight is 420 g/mol. The number of carbonyl (C=O) groups excluding carboxylic acids is 1. The maximum absolute atomic E-state index is 13.2. The number of hydrogen-bond donors (Lipinski definition) is 0. The first-order valence-electron chi connectivity index (χ1n) is 9.70. The lowest BCUT2D eigenvalue weighted by molar-refractivity contribution is -0.136. The van der Waals surface area contributed by atoms with Gasteiger partial charge in [0.15, 0.2) is 16.4 Å². The highest BCUT2D eigenvalue weighted by Crippen LogP contribution is 2.22. The lowest BCUT2D eigenvalue weighted by Crippen LogP contribution is -2.43. The van der Waals surface area contributed by atoms with Gasteiger partial charge in [0.25, 0.3) is 5.91 Å². The summed E-state index contributed by atoms with van der Waals surface area (Å²) in [5.41, 5.74) is 1.92. The van der Waals surface area contributed by atoms with Crippen LogP contribution in [0.3, 0.4) is 0 Å². The van der Waals surface area contributed by atoms with Gasteiger partial charge in [0.2, 0.25) is 0 Å². The van der Waals surface area contributed by atoms with E-state index in [2.05, 4.69) is 13.8 Å². The van der Waals surface area contributed by atoms with E-state index in [9.17, 15) is 17.6 Å². The van der Waals surface area contributed by atoms with E-state index >= 15 is 0 Å². The third kappa shape index (κ3) is 5.79. The van der Waals surface area contributed by atoms with E-state index in [1.54, 1.807) is 17.0 Å². The molecular formula is C22H26FNO4S. The predicted octanol–water partition coefficient (Wildman–Crippen LogP) is 3.54. The van der Waals surface area contributed by atoms with Crippen LogP contribution in [0.2, 0.25) is 0 Å². The van der Waals surface area contributed by atoms with E-state index < -0.39 is 15.9 Å². The zero-order chi connectivity index (χ0) is 21.0. The minimum atomic E-state index is -3.15. The number of sulfone groups is 1. The summed E-state index contributed by atoms with van der Waals surface area (Å²) in [5, 5.41) is 0. The van der Waals surface area contributed by atoms with Gasteiger partial charge in [-0.05, 0) is 47.7 Å². The number of benzene rings is 2. The second kappa shape index (κ2) is 8.95. The van der Waals surface area contributed by atoms with Crippen molar-refractivity contribution in [3.8, 4) is 5.75 Å². The topological polar surface area (TPSA) is 63.7 Å². The smallest absolute Gasteiger partial charge is 0.261 e. The summed E-state index contributed by atoms with van der Waals surface area (Å²) >= 11 is 0. The molecule has 0 aliphatic carbocycles. The van der Waals surface area contributed by atoms with Crippen LogP contribution in [0.1, 0.15) is 37.3 Å². The van der Waals surface area contributed by atoms with E-state index in [0.29, 0.717) is 18.1 Å². The maximum Gasteiger partial charge on any atom is 0.261 e. The molecule has 3 rings (SSSR count). The van der Waals surface area contributed by atoms with Crippen LogP contribution in [0, 0.1) is 5.82 Å². The molecule has 1 saturated heterocycles. The van der Waals surface area contributed by atoms with Crippen LogP contribution in [-0.4, -0.2) is 43.4 Å². The van der Waals surface area contributed by atoms with Gasteiger partial charge < -0.3 is 9.64 Å². The second-order valence-electron chi connectivity index (χ2n) is 7.72. The summed E-state index contributed by atoms with van der Waals surface area (Å²) in [4.78, 5) is 14.4. The van der Waals surface area contributed by atoms with Crippen molar-refractivity contribution in [2.24, 2.45) is 0 Å². The molecule has 0 bridgehead atoms. The van der Waals surface area contributed by atoms with E-state index in [1.165, 1.54) is 17.7 Å². The molecule has 5 nitrogen and oxygen atoms in total. The van der Waals surface area contributed by atoms with Crippen molar-refractivity contribution in [2.75, 3.05) is 18.1 Å². The Hall–Kier alpha value is -2.41. The predicted molar refractivity (Wildman–Crippen MR) is 110 cm³/mol. The fourth-order valence-electron chi connectivity index (χ4n) is 3.41. The highest BCUT2D eigenvalue weighted by atomic mass is 32.2. The SMILES string of the molecule is CC(C)c1ccc(OCC(=O)N(Cc2ccc(F)cc2)C2CCS(=O)(=O)C2)cc1. The number of hydrogen-bond acceptors (Lipinski definition) is 4. The van der Waals surface area contributed by atoms with Crippen molar-refractivity contribution in [2.45, 2.75) is 38.8 Å². The molecule has 29 heavy (non-hydrogen) atoms. The van der Waals surface area contributed by atoms with Crippen LogP contribution >= 0.6 is 0 Å². The lowest BCUT2D eigenvalue weighted by atomic mass is 10.0. The number of amides is 1. The van der Waals surface area contributed by atoms with Gasteiger partial charge in [0, 0.05) is 12.6 Å². The van der Waals surface area contributed by atoms with Gasteiger partial charge >= 0.3 is 0 Å². The molecule has 1 fully saturated rings. The third-order valence-corrected chi connectivity index (χ3v) is 6.90. The normalized spacial score (nSPS) is 18.0. The zero-order valence-corrected chi connectivity index (χ0v) is 17.5. The van der Waals surface area contributed by atoms with Crippen molar-refractivity contribution < 1.29 is 22.3 Å². The Kier molecular flexibility index (Phi) is 6.57. The Morgan fingerprint density at radius 3 is 2.34 bits per heavy atom. The molecule has 7 heteroatoms. The van der Waals surface area contributed by atoms with Crippen LogP contribution in [0.4, 0.5) is 4.39 Å². The summed E-state index contributed by atoms with van der Waals surface area (Å²) in [6.07, 6.45) is 0.401. The van der Waals surface area contributed by atoms with Crippen molar-refractivity contribution >= 4 is 15.7 Å². The number of carbonyl (C=O) groups is 1. The lowest BCUT2D eigenvalue weighted by Gasteiger charge is -2.28. The minimum Gasteiger partial charge on any atom is -0.484 e. The van der Waals surface area contributed by atoms with Crippen LogP contribution in [0.25, 0.3) is 0 Å². The van der Waals surface area contributed by atoms with Gasteiger partial charge in [-0.15, -0.1) is 0 Å². The van der Waals surface area contributed by atoms with Gasteiger partial charge in [-0.3, -0.25) is 4.79 Å². The van der Waals surface area contributed by atoms with Gasteiger partial charge in [-0.1, -0.05) is 38.1 Å². The number of ether oxygens (including phenoxy) is 1. The Balaban J connectivity index is 1.70.